The zero-order valence-electron chi connectivity index (χ0n) is 12.5. The number of carbonyl (C=O) groups is 1. The second-order valence-electron chi connectivity index (χ2n) is 4.88. The topological polar surface area (TPSA) is 74.4 Å². The first-order valence-electron chi connectivity index (χ1n) is 7.17. The molecule has 0 aliphatic rings. The average molecular weight is 311 g/mol. The van der Waals surface area contributed by atoms with Crippen molar-refractivity contribution in [2.24, 2.45) is 0 Å². The number of esters is 1. The number of fused-ring (bicyclic) bond motifs is 1. The fourth-order valence-electron chi connectivity index (χ4n) is 2.48. The lowest BCUT2D eigenvalue weighted by Gasteiger charge is -2.09. The Morgan fingerprint density at radius 3 is 2.48 bits per heavy atom. The molecule has 0 amide bonds. The van der Waals surface area contributed by atoms with Crippen LogP contribution >= 0.6 is 0 Å². The average Bonchev–Trinajstić information content (AvgIpc) is 2.58. The maximum absolute atomic E-state index is 12.8. The molecule has 1 aromatic heterocycles. The molecule has 6 nitrogen and oxygen atoms in total. The van der Waals surface area contributed by atoms with E-state index >= 15 is 0 Å². The summed E-state index contributed by atoms with van der Waals surface area (Å²) in [6.07, 6.45) is 0. The van der Waals surface area contributed by atoms with E-state index in [9.17, 15) is 14.9 Å². The van der Waals surface area contributed by atoms with E-state index < -0.39 is 5.97 Å². The van der Waals surface area contributed by atoms with Gasteiger partial charge in [-0.3, -0.25) is 0 Å². The molecule has 3 aromatic rings. The van der Waals surface area contributed by atoms with Gasteiger partial charge in [0.25, 0.3) is 5.52 Å². The number of benzene rings is 2. The van der Waals surface area contributed by atoms with Crippen LogP contribution in [-0.4, -0.2) is 22.5 Å². The van der Waals surface area contributed by atoms with Crippen LogP contribution in [0.4, 0.5) is 0 Å². The van der Waals surface area contributed by atoms with Crippen LogP contribution in [0.15, 0.2) is 54.6 Å². The molecule has 0 radical (unpaired) electrons. The summed E-state index contributed by atoms with van der Waals surface area (Å²) in [5.74, 6) is -0.760. The monoisotopic (exact) mass is 311 g/mol. The number of ether oxygens (including phenoxy) is 1. The highest BCUT2D eigenvalue weighted by molar-refractivity contribution is 5.95. The first kappa shape index (κ1) is 14.8. The van der Waals surface area contributed by atoms with Crippen molar-refractivity contribution in [3.05, 3.63) is 65.2 Å². The van der Waals surface area contributed by atoms with Crippen molar-refractivity contribution in [2.75, 3.05) is 6.61 Å². The van der Waals surface area contributed by atoms with Crippen LogP contribution in [0.25, 0.3) is 22.3 Å². The van der Waals surface area contributed by atoms with E-state index in [0.29, 0.717) is 14.7 Å². The number of aromatic nitrogens is 2. The lowest BCUT2D eigenvalue weighted by Crippen LogP contribution is -2.28. The molecule has 0 bridgehead atoms. The quantitative estimate of drug-likeness (QED) is 0.458. The summed E-state index contributed by atoms with van der Waals surface area (Å²) < 4.78 is 6.36. The number of rotatable bonds is 3. The van der Waals surface area contributed by atoms with Gasteiger partial charge in [0.15, 0.2) is 5.52 Å². The van der Waals surface area contributed by atoms with Gasteiger partial charge in [0.2, 0.25) is 5.69 Å². The second-order valence-corrected chi connectivity index (χ2v) is 4.88. The number of carbonyl (C=O) groups excluding carboxylic acids is 1. The molecule has 0 aliphatic heterocycles. The summed E-state index contributed by atoms with van der Waals surface area (Å²) >= 11 is 0. The van der Waals surface area contributed by atoms with Crippen LogP contribution in [0.5, 0.6) is 0 Å². The Bertz CT molecular complexity index is 932. The Morgan fingerprint density at radius 2 is 1.78 bits per heavy atom. The van der Waals surface area contributed by atoms with Crippen LogP contribution in [-0.2, 0) is 4.74 Å². The van der Waals surface area contributed by atoms with Crippen molar-refractivity contribution in [3.8, 4) is 11.3 Å². The van der Waals surface area contributed by atoms with Crippen LogP contribution in [0.1, 0.15) is 17.4 Å². The SMILES string of the molecule is CCOC(=O)c1c(-c2ccccc2)[n+](=O)c2ccccc2n1O. The van der Waals surface area contributed by atoms with Crippen molar-refractivity contribution in [1.29, 1.82) is 0 Å². The van der Waals surface area contributed by atoms with Gasteiger partial charge in [0.1, 0.15) is 0 Å². The number of nitrogens with zero attached hydrogens (tertiary/aromatic N) is 2. The predicted octanol–water partition coefficient (Wildman–Crippen LogP) is 2.64. The highest BCUT2D eigenvalue weighted by Gasteiger charge is 2.31. The maximum Gasteiger partial charge on any atom is 0.365 e. The summed E-state index contributed by atoms with van der Waals surface area (Å²) in [5, 5.41) is 10.5. The lowest BCUT2D eigenvalue weighted by molar-refractivity contribution is -0.452. The van der Waals surface area contributed by atoms with Crippen LogP contribution in [0, 0.1) is 4.91 Å². The van der Waals surface area contributed by atoms with Gasteiger partial charge in [-0.05, 0) is 25.1 Å². The minimum atomic E-state index is -0.760. The van der Waals surface area contributed by atoms with Gasteiger partial charge in [0.05, 0.1) is 16.6 Å². The Balaban J connectivity index is 2.45. The van der Waals surface area contributed by atoms with Gasteiger partial charge < -0.3 is 9.94 Å². The molecule has 0 saturated heterocycles. The number of hydrogen-bond donors (Lipinski definition) is 1. The van der Waals surface area contributed by atoms with E-state index in [1.807, 2.05) is 0 Å². The molecule has 1 N–H and O–H groups in total. The molecular formula is C17H15N2O4+. The van der Waals surface area contributed by atoms with E-state index in [1.165, 1.54) is 0 Å². The Labute approximate surface area is 131 Å². The summed E-state index contributed by atoms with van der Waals surface area (Å²) in [6.45, 7) is 1.80. The van der Waals surface area contributed by atoms with Gasteiger partial charge in [-0.1, -0.05) is 30.3 Å². The molecule has 0 spiro atoms. The van der Waals surface area contributed by atoms with Crippen LogP contribution in [0.2, 0.25) is 0 Å². The first-order valence-corrected chi connectivity index (χ1v) is 7.17. The third kappa shape index (κ3) is 2.44. The summed E-state index contributed by atoms with van der Waals surface area (Å²) in [5.41, 5.74) is 0.836. The molecule has 0 unspecified atom stereocenters. The van der Waals surface area contributed by atoms with E-state index in [4.69, 9.17) is 4.74 Å². The normalized spacial score (nSPS) is 10.7. The van der Waals surface area contributed by atoms with E-state index in [-0.39, 0.29) is 29.0 Å². The third-order valence-electron chi connectivity index (χ3n) is 3.48. The molecule has 0 atom stereocenters. The first-order chi connectivity index (χ1) is 11.1. The van der Waals surface area contributed by atoms with E-state index in [1.54, 1.807) is 61.5 Å². The van der Waals surface area contributed by atoms with Crippen molar-refractivity contribution in [3.63, 3.8) is 0 Å². The zero-order chi connectivity index (χ0) is 16.4. The van der Waals surface area contributed by atoms with Crippen molar-refractivity contribution < 1.29 is 19.2 Å². The summed E-state index contributed by atoms with van der Waals surface area (Å²) in [4.78, 5) is 25.1. The molecule has 0 aliphatic carbocycles. The molecular weight excluding hydrogens is 296 g/mol. The molecule has 116 valence electrons. The molecule has 2 aromatic carbocycles. The Kier molecular flexibility index (Phi) is 3.80. The maximum atomic E-state index is 12.8. The highest BCUT2D eigenvalue weighted by atomic mass is 16.5. The number of para-hydroxylation sites is 2. The minimum Gasteiger partial charge on any atom is -0.461 e. The van der Waals surface area contributed by atoms with Gasteiger partial charge >= 0.3 is 11.7 Å². The largest absolute Gasteiger partial charge is 0.461 e. The standard InChI is InChI=1S/C17H15N2O4/c1-2-23-17(20)16-15(12-8-4-3-5-9-12)18(21)13-10-6-7-11-14(13)19(16)22/h3-11,22H,2H2,1H3/q+1. The molecule has 0 fully saturated rings. The fourth-order valence-corrected chi connectivity index (χ4v) is 2.48. The second kappa shape index (κ2) is 5.92. The molecule has 23 heavy (non-hydrogen) atoms. The van der Waals surface area contributed by atoms with E-state index in [0.717, 1.165) is 0 Å². The summed E-state index contributed by atoms with van der Waals surface area (Å²) in [6, 6.07) is 15.2. The minimum absolute atomic E-state index is 0.0465. The van der Waals surface area contributed by atoms with Crippen molar-refractivity contribution in [1.82, 2.24) is 4.73 Å². The van der Waals surface area contributed by atoms with Crippen LogP contribution < -0.4 is 4.43 Å². The lowest BCUT2D eigenvalue weighted by atomic mass is 10.1. The van der Waals surface area contributed by atoms with Gasteiger partial charge in [-0.15, -0.1) is 0 Å². The molecule has 1 heterocycles. The van der Waals surface area contributed by atoms with Crippen LogP contribution in [0.3, 0.4) is 0 Å². The third-order valence-corrected chi connectivity index (χ3v) is 3.48. The zero-order valence-corrected chi connectivity index (χ0v) is 12.5. The Hall–Kier alpha value is -3.15. The van der Waals surface area contributed by atoms with Gasteiger partial charge in [0, 0.05) is 11.0 Å². The highest BCUT2D eigenvalue weighted by Crippen LogP contribution is 2.23. The molecule has 3 rings (SSSR count). The fraction of sp³-hybridized carbons (Fsp3) is 0.118. The Morgan fingerprint density at radius 1 is 1.13 bits per heavy atom. The summed E-state index contributed by atoms with van der Waals surface area (Å²) in [7, 11) is 0. The van der Waals surface area contributed by atoms with Crippen molar-refractivity contribution in [2.45, 2.75) is 6.92 Å². The van der Waals surface area contributed by atoms with Gasteiger partial charge in [-0.25, -0.2) is 4.79 Å². The predicted molar refractivity (Wildman–Crippen MR) is 83.9 cm³/mol. The smallest absolute Gasteiger partial charge is 0.365 e. The molecule has 6 heteroatoms. The van der Waals surface area contributed by atoms with Gasteiger partial charge in [-0.2, -0.15) is 4.73 Å². The van der Waals surface area contributed by atoms with E-state index in [2.05, 4.69) is 0 Å². The van der Waals surface area contributed by atoms with Crippen molar-refractivity contribution >= 4 is 17.0 Å². The molecule has 0 saturated carbocycles. The number of hydrogen-bond acceptors (Lipinski definition) is 4.